The number of carbonyl (C=O) groups is 2. The number of hydrogen-bond acceptors (Lipinski definition) is 4. The smallest absolute Gasteiger partial charge is 0.325 e. The standard InChI is InChI=1S/C27H22ClN3O2S2/c28-18-12-14-19(15-13-18)29-26(32)17-34-21-7-5-6-20(16-21)30-27(33)31-22-8-1-3-10-24(22)35-25-11-4-2-9-23(25)31/h1-16,22,24H,17H2,(H,29,32)(H,30,33). The highest BCUT2D eigenvalue weighted by Crippen LogP contribution is 2.43. The Morgan fingerprint density at radius 3 is 2.57 bits per heavy atom. The van der Waals surface area contributed by atoms with E-state index < -0.39 is 0 Å². The van der Waals surface area contributed by atoms with Crippen LogP contribution in [-0.2, 0) is 4.79 Å². The Balaban J connectivity index is 1.25. The Morgan fingerprint density at radius 1 is 0.914 bits per heavy atom. The highest BCUT2D eigenvalue weighted by Gasteiger charge is 2.36. The Morgan fingerprint density at radius 2 is 1.71 bits per heavy atom. The molecule has 2 atom stereocenters. The number of nitrogens with one attached hydrogen (secondary N) is 2. The van der Waals surface area contributed by atoms with Crippen LogP contribution in [0, 0.1) is 0 Å². The van der Waals surface area contributed by atoms with Gasteiger partial charge in [-0.1, -0.05) is 54.1 Å². The number of anilines is 3. The number of para-hydroxylation sites is 1. The molecule has 1 aliphatic carbocycles. The summed E-state index contributed by atoms with van der Waals surface area (Å²) in [4.78, 5) is 29.6. The molecule has 0 saturated carbocycles. The zero-order valence-corrected chi connectivity index (χ0v) is 20.9. The average molecular weight is 520 g/mol. The molecule has 35 heavy (non-hydrogen) atoms. The lowest BCUT2D eigenvalue weighted by Gasteiger charge is -2.40. The van der Waals surface area contributed by atoms with Gasteiger partial charge in [0.25, 0.3) is 0 Å². The number of hydrogen-bond donors (Lipinski definition) is 2. The third-order valence-corrected chi connectivity index (χ3v) is 8.10. The van der Waals surface area contributed by atoms with Crippen LogP contribution in [0.15, 0.2) is 107 Å². The molecule has 0 bridgehead atoms. The summed E-state index contributed by atoms with van der Waals surface area (Å²) in [6.07, 6.45) is 8.22. The average Bonchev–Trinajstić information content (AvgIpc) is 2.87. The number of urea groups is 1. The van der Waals surface area contributed by atoms with Crippen molar-refractivity contribution >= 4 is 64.1 Å². The number of fused-ring (bicyclic) bond motifs is 2. The van der Waals surface area contributed by atoms with Crippen molar-refractivity contribution in [1.82, 2.24) is 0 Å². The number of allylic oxidation sites excluding steroid dienone is 2. The van der Waals surface area contributed by atoms with Gasteiger partial charge in [-0.3, -0.25) is 9.69 Å². The lowest BCUT2D eigenvalue weighted by Crippen LogP contribution is -2.49. The Kier molecular flexibility index (Phi) is 7.18. The van der Waals surface area contributed by atoms with Crippen LogP contribution in [0.3, 0.4) is 0 Å². The molecule has 2 aliphatic rings. The van der Waals surface area contributed by atoms with Gasteiger partial charge in [-0.15, -0.1) is 23.5 Å². The van der Waals surface area contributed by atoms with Crippen LogP contribution >= 0.6 is 35.1 Å². The topological polar surface area (TPSA) is 61.4 Å². The maximum absolute atomic E-state index is 13.5. The molecule has 0 spiro atoms. The SMILES string of the molecule is O=C(CSc1cccc(NC(=O)N2c3ccccc3SC3C=CC=CC32)c1)Nc1ccc(Cl)cc1. The Labute approximate surface area is 217 Å². The van der Waals surface area contributed by atoms with Crippen LogP contribution in [0.5, 0.6) is 0 Å². The second-order valence-electron chi connectivity index (χ2n) is 7.98. The number of nitrogens with zero attached hydrogens (tertiary/aromatic N) is 1. The van der Waals surface area contributed by atoms with E-state index in [0.29, 0.717) is 16.4 Å². The largest absolute Gasteiger partial charge is 0.326 e. The Bertz CT molecular complexity index is 1310. The first kappa shape index (κ1) is 23.6. The van der Waals surface area contributed by atoms with Crippen molar-refractivity contribution in [3.63, 3.8) is 0 Å². The predicted molar refractivity (Wildman–Crippen MR) is 147 cm³/mol. The molecule has 0 saturated heterocycles. The van der Waals surface area contributed by atoms with E-state index in [-0.39, 0.29) is 29.0 Å². The van der Waals surface area contributed by atoms with E-state index in [1.807, 2.05) is 59.5 Å². The van der Waals surface area contributed by atoms with Crippen LogP contribution in [0.25, 0.3) is 0 Å². The van der Waals surface area contributed by atoms with Crippen LogP contribution < -0.4 is 15.5 Å². The van der Waals surface area contributed by atoms with Crippen LogP contribution in [0.4, 0.5) is 21.9 Å². The molecule has 0 radical (unpaired) electrons. The maximum Gasteiger partial charge on any atom is 0.326 e. The van der Waals surface area contributed by atoms with Gasteiger partial charge < -0.3 is 10.6 Å². The number of benzene rings is 3. The molecule has 2 N–H and O–H groups in total. The van der Waals surface area contributed by atoms with Gasteiger partial charge in [0.05, 0.1) is 22.7 Å². The summed E-state index contributed by atoms with van der Waals surface area (Å²) in [5.74, 6) is 0.134. The summed E-state index contributed by atoms with van der Waals surface area (Å²) >= 11 is 9.07. The van der Waals surface area contributed by atoms with Crippen molar-refractivity contribution in [1.29, 1.82) is 0 Å². The second kappa shape index (κ2) is 10.6. The third-order valence-electron chi connectivity index (χ3n) is 5.54. The summed E-state index contributed by atoms with van der Waals surface area (Å²) in [6.45, 7) is 0. The molecular weight excluding hydrogens is 498 g/mol. The number of carbonyl (C=O) groups excluding carboxylic acids is 2. The van der Waals surface area contributed by atoms with Crippen LogP contribution in [-0.4, -0.2) is 29.0 Å². The first-order valence-electron chi connectivity index (χ1n) is 11.1. The third kappa shape index (κ3) is 5.59. The molecule has 1 heterocycles. The monoisotopic (exact) mass is 519 g/mol. The van der Waals surface area contributed by atoms with E-state index >= 15 is 0 Å². The van der Waals surface area contributed by atoms with E-state index in [1.165, 1.54) is 11.8 Å². The van der Waals surface area contributed by atoms with Gasteiger partial charge in [-0.2, -0.15) is 0 Å². The van der Waals surface area contributed by atoms with Crippen LogP contribution in [0.1, 0.15) is 0 Å². The van der Waals surface area contributed by atoms with Crippen molar-refractivity contribution in [2.75, 3.05) is 21.3 Å². The summed E-state index contributed by atoms with van der Waals surface area (Å²) in [7, 11) is 0. The van der Waals surface area contributed by atoms with Gasteiger partial charge in [-0.05, 0) is 54.6 Å². The van der Waals surface area contributed by atoms with E-state index in [4.69, 9.17) is 11.6 Å². The minimum Gasteiger partial charge on any atom is -0.325 e. The van der Waals surface area contributed by atoms with E-state index in [9.17, 15) is 9.59 Å². The van der Waals surface area contributed by atoms with Crippen molar-refractivity contribution in [3.8, 4) is 0 Å². The fourth-order valence-corrected chi connectivity index (χ4v) is 6.09. The van der Waals surface area contributed by atoms with Gasteiger partial charge in [0.2, 0.25) is 5.91 Å². The predicted octanol–water partition coefficient (Wildman–Crippen LogP) is 7.08. The molecule has 5 nitrogen and oxygen atoms in total. The second-order valence-corrected chi connectivity index (χ2v) is 10.7. The molecule has 3 aromatic carbocycles. The number of thioether (sulfide) groups is 2. The van der Waals surface area contributed by atoms with Crippen molar-refractivity contribution in [3.05, 3.63) is 102 Å². The molecule has 5 rings (SSSR count). The molecular formula is C27H22ClN3O2S2. The number of halogens is 1. The zero-order valence-electron chi connectivity index (χ0n) is 18.6. The van der Waals surface area contributed by atoms with Crippen molar-refractivity contribution in [2.24, 2.45) is 0 Å². The molecule has 3 amide bonds. The van der Waals surface area contributed by atoms with Gasteiger partial charge in [-0.25, -0.2) is 4.79 Å². The van der Waals surface area contributed by atoms with E-state index in [0.717, 1.165) is 15.5 Å². The highest BCUT2D eigenvalue weighted by molar-refractivity contribution is 8.00. The fraction of sp³-hybridized carbons (Fsp3) is 0.111. The summed E-state index contributed by atoms with van der Waals surface area (Å²) < 4.78 is 0. The summed E-state index contributed by atoms with van der Waals surface area (Å²) in [5.41, 5.74) is 2.28. The van der Waals surface area contributed by atoms with Crippen molar-refractivity contribution in [2.45, 2.75) is 21.1 Å². The normalized spacial score (nSPS) is 17.9. The lowest BCUT2D eigenvalue weighted by atomic mass is 10.1. The number of amides is 3. The van der Waals surface area contributed by atoms with Gasteiger partial charge in [0.15, 0.2) is 0 Å². The van der Waals surface area contributed by atoms with Gasteiger partial charge >= 0.3 is 6.03 Å². The first-order chi connectivity index (χ1) is 17.1. The minimum atomic E-state index is -0.185. The molecule has 176 valence electrons. The molecule has 0 aromatic heterocycles. The quantitative estimate of drug-likeness (QED) is 0.354. The minimum absolute atomic E-state index is 0.0611. The van der Waals surface area contributed by atoms with Crippen molar-refractivity contribution < 1.29 is 9.59 Å². The number of rotatable bonds is 5. The van der Waals surface area contributed by atoms with Gasteiger partial charge in [0.1, 0.15) is 0 Å². The van der Waals surface area contributed by atoms with E-state index in [1.54, 1.807) is 36.0 Å². The lowest BCUT2D eigenvalue weighted by molar-refractivity contribution is -0.113. The maximum atomic E-state index is 13.5. The first-order valence-corrected chi connectivity index (χ1v) is 13.3. The van der Waals surface area contributed by atoms with Gasteiger partial charge in [0, 0.05) is 26.2 Å². The molecule has 8 heteroatoms. The Hall–Kier alpha value is -3.13. The zero-order chi connectivity index (χ0) is 24.2. The van der Waals surface area contributed by atoms with E-state index in [2.05, 4.69) is 28.9 Å². The molecule has 1 aliphatic heterocycles. The summed E-state index contributed by atoms with van der Waals surface area (Å²) in [5, 5.41) is 6.70. The molecule has 3 aromatic rings. The molecule has 0 fully saturated rings. The molecule has 2 unspecified atom stereocenters. The fourth-order valence-electron chi connectivity index (χ4n) is 3.95. The van der Waals surface area contributed by atoms with Crippen LogP contribution in [0.2, 0.25) is 5.02 Å². The highest BCUT2D eigenvalue weighted by atomic mass is 35.5. The summed E-state index contributed by atoms with van der Waals surface area (Å²) in [6, 6.07) is 22.3.